The van der Waals surface area contributed by atoms with Crippen molar-refractivity contribution in [3.8, 4) is 6.07 Å². The van der Waals surface area contributed by atoms with Gasteiger partial charge in [0.1, 0.15) is 5.92 Å². The minimum atomic E-state index is -0.705. The summed E-state index contributed by atoms with van der Waals surface area (Å²) in [5, 5.41) is 9.30. The second-order valence-electron chi connectivity index (χ2n) is 4.46. The number of carbonyl (C=O) groups is 1. The number of ketones is 1. The van der Waals surface area contributed by atoms with E-state index in [1.165, 1.54) is 16.2 Å². The molecular formula is C16H15NOS. The van der Waals surface area contributed by atoms with E-state index in [1.807, 2.05) is 43.3 Å². The molecular weight excluding hydrogens is 254 g/mol. The van der Waals surface area contributed by atoms with Crippen molar-refractivity contribution in [3.05, 3.63) is 57.3 Å². The van der Waals surface area contributed by atoms with Crippen LogP contribution in [-0.2, 0) is 6.42 Å². The first-order valence-electron chi connectivity index (χ1n) is 6.24. The van der Waals surface area contributed by atoms with E-state index < -0.39 is 5.92 Å². The largest absolute Gasteiger partial charge is 0.291 e. The van der Waals surface area contributed by atoms with E-state index in [0.717, 1.165) is 17.5 Å². The fourth-order valence-electron chi connectivity index (χ4n) is 1.98. The Bertz CT molecular complexity index is 636. The third-order valence-electron chi connectivity index (χ3n) is 3.02. The summed E-state index contributed by atoms with van der Waals surface area (Å²) in [5.41, 5.74) is 1.84. The highest BCUT2D eigenvalue weighted by atomic mass is 32.1. The summed E-state index contributed by atoms with van der Waals surface area (Å²) in [7, 11) is 0. The highest BCUT2D eigenvalue weighted by Gasteiger charge is 2.23. The molecule has 1 aromatic carbocycles. The number of thiophene rings is 1. The van der Waals surface area contributed by atoms with Crippen LogP contribution in [0.25, 0.3) is 0 Å². The van der Waals surface area contributed by atoms with Gasteiger partial charge < -0.3 is 0 Å². The maximum Gasteiger partial charge on any atom is 0.194 e. The Morgan fingerprint density at radius 2 is 2.16 bits per heavy atom. The molecule has 0 aliphatic heterocycles. The number of hydrogen-bond acceptors (Lipinski definition) is 3. The minimum absolute atomic E-state index is 0.0993. The van der Waals surface area contributed by atoms with Crippen molar-refractivity contribution in [3.63, 3.8) is 0 Å². The van der Waals surface area contributed by atoms with E-state index in [1.54, 1.807) is 0 Å². The van der Waals surface area contributed by atoms with Crippen LogP contribution in [0.1, 0.15) is 38.5 Å². The van der Waals surface area contributed by atoms with Crippen molar-refractivity contribution >= 4 is 17.1 Å². The lowest BCUT2D eigenvalue weighted by molar-refractivity contribution is 0.0983. The standard InChI is InChI=1S/C16H15NOS/c1-3-13-7-8-15(19-13)16(18)14(10-17)12-6-4-5-11(2)9-12/h4-9,14H,3H2,1-2H3. The molecule has 0 saturated carbocycles. The molecule has 0 bridgehead atoms. The first kappa shape index (κ1) is 13.5. The summed E-state index contributed by atoms with van der Waals surface area (Å²) in [5.74, 6) is -0.805. The second kappa shape index (κ2) is 5.81. The lowest BCUT2D eigenvalue weighted by Gasteiger charge is -2.07. The second-order valence-corrected chi connectivity index (χ2v) is 5.63. The minimum Gasteiger partial charge on any atom is -0.291 e. The van der Waals surface area contributed by atoms with Crippen molar-refractivity contribution in [2.75, 3.05) is 0 Å². The van der Waals surface area contributed by atoms with Crippen molar-refractivity contribution in [2.24, 2.45) is 0 Å². The van der Waals surface area contributed by atoms with Crippen LogP contribution in [0.3, 0.4) is 0 Å². The average molecular weight is 269 g/mol. The Morgan fingerprint density at radius 1 is 1.37 bits per heavy atom. The quantitative estimate of drug-likeness (QED) is 0.784. The molecule has 0 N–H and O–H groups in total. The Morgan fingerprint density at radius 3 is 2.74 bits per heavy atom. The average Bonchev–Trinajstić information content (AvgIpc) is 2.88. The predicted octanol–water partition coefficient (Wildman–Crippen LogP) is 4.11. The normalized spacial score (nSPS) is 11.8. The number of nitriles is 1. The molecule has 0 amide bonds. The number of carbonyl (C=O) groups excluding carboxylic acids is 1. The van der Waals surface area contributed by atoms with Gasteiger partial charge in [-0.05, 0) is 31.0 Å². The van der Waals surface area contributed by atoms with Crippen molar-refractivity contribution in [1.29, 1.82) is 5.26 Å². The first-order valence-corrected chi connectivity index (χ1v) is 7.06. The van der Waals surface area contributed by atoms with Gasteiger partial charge in [-0.25, -0.2) is 0 Å². The smallest absolute Gasteiger partial charge is 0.194 e. The lowest BCUT2D eigenvalue weighted by atomic mass is 9.94. The molecule has 3 heteroatoms. The Balaban J connectivity index is 2.32. The predicted molar refractivity (Wildman–Crippen MR) is 77.6 cm³/mol. The van der Waals surface area contributed by atoms with Crippen LogP contribution in [0.2, 0.25) is 0 Å². The number of rotatable bonds is 4. The summed E-state index contributed by atoms with van der Waals surface area (Å²) < 4.78 is 0. The van der Waals surface area contributed by atoms with Crippen molar-refractivity contribution in [1.82, 2.24) is 0 Å². The topological polar surface area (TPSA) is 40.9 Å². The molecule has 2 aromatic rings. The first-order chi connectivity index (χ1) is 9.15. The molecule has 96 valence electrons. The number of Topliss-reactive ketones (excluding diaryl/α,β-unsaturated/α-hetero) is 1. The van der Waals surface area contributed by atoms with Gasteiger partial charge in [-0.3, -0.25) is 4.79 Å². The van der Waals surface area contributed by atoms with Gasteiger partial charge in [0.05, 0.1) is 10.9 Å². The molecule has 0 fully saturated rings. The van der Waals surface area contributed by atoms with Gasteiger partial charge >= 0.3 is 0 Å². The molecule has 1 atom stereocenters. The summed E-state index contributed by atoms with van der Waals surface area (Å²) in [6.45, 7) is 4.02. The van der Waals surface area contributed by atoms with Crippen LogP contribution in [0.5, 0.6) is 0 Å². The molecule has 0 aliphatic rings. The summed E-state index contributed by atoms with van der Waals surface area (Å²) >= 11 is 1.48. The van der Waals surface area contributed by atoms with Crippen LogP contribution in [0.15, 0.2) is 36.4 Å². The number of benzene rings is 1. The van der Waals surface area contributed by atoms with Crippen LogP contribution >= 0.6 is 11.3 Å². The van der Waals surface area contributed by atoms with E-state index in [-0.39, 0.29) is 5.78 Å². The molecule has 1 aromatic heterocycles. The number of hydrogen-bond donors (Lipinski definition) is 0. The van der Waals surface area contributed by atoms with Gasteiger partial charge in [0.2, 0.25) is 0 Å². The zero-order chi connectivity index (χ0) is 13.8. The molecule has 1 heterocycles. The van der Waals surface area contributed by atoms with Crippen LogP contribution in [0, 0.1) is 18.3 Å². The SMILES string of the molecule is CCc1ccc(C(=O)C(C#N)c2cccc(C)c2)s1. The summed E-state index contributed by atoms with van der Waals surface area (Å²) in [6.07, 6.45) is 0.916. The molecule has 2 rings (SSSR count). The van der Waals surface area contributed by atoms with Gasteiger partial charge in [-0.2, -0.15) is 5.26 Å². The zero-order valence-electron chi connectivity index (χ0n) is 11.0. The van der Waals surface area contributed by atoms with E-state index in [9.17, 15) is 10.1 Å². The Kier molecular flexibility index (Phi) is 4.13. The number of nitrogens with zero attached hydrogens (tertiary/aromatic N) is 1. The van der Waals surface area contributed by atoms with Gasteiger partial charge in [-0.15, -0.1) is 11.3 Å². The summed E-state index contributed by atoms with van der Waals surface area (Å²) in [4.78, 5) is 14.2. The zero-order valence-corrected chi connectivity index (χ0v) is 11.8. The Labute approximate surface area is 117 Å². The maximum absolute atomic E-state index is 12.4. The molecule has 19 heavy (non-hydrogen) atoms. The monoisotopic (exact) mass is 269 g/mol. The number of aryl methyl sites for hydroxylation is 2. The molecule has 1 unspecified atom stereocenters. The highest BCUT2D eigenvalue weighted by Crippen LogP contribution is 2.26. The third-order valence-corrected chi connectivity index (χ3v) is 4.26. The van der Waals surface area contributed by atoms with Crippen LogP contribution in [0.4, 0.5) is 0 Å². The third kappa shape index (κ3) is 2.91. The molecule has 0 spiro atoms. The molecule has 0 aliphatic carbocycles. The fourth-order valence-corrected chi connectivity index (χ4v) is 2.89. The van der Waals surface area contributed by atoms with Crippen molar-refractivity contribution < 1.29 is 4.79 Å². The molecule has 0 saturated heterocycles. The van der Waals surface area contributed by atoms with Gasteiger partial charge in [0.25, 0.3) is 0 Å². The van der Waals surface area contributed by atoms with E-state index in [2.05, 4.69) is 13.0 Å². The lowest BCUT2D eigenvalue weighted by Crippen LogP contribution is -2.09. The van der Waals surface area contributed by atoms with Crippen molar-refractivity contribution in [2.45, 2.75) is 26.2 Å². The maximum atomic E-state index is 12.4. The van der Waals surface area contributed by atoms with Gasteiger partial charge in [-0.1, -0.05) is 36.8 Å². The fraction of sp³-hybridized carbons (Fsp3) is 0.250. The van der Waals surface area contributed by atoms with Gasteiger partial charge in [0, 0.05) is 4.88 Å². The molecule has 0 radical (unpaired) electrons. The summed E-state index contributed by atoms with van der Waals surface area (Å²) in [6, 6.07) is 13.5. The molecule has 2 nitrogen and oxygen atoms in total. The van der Waals surface area contributed by atoms with Crippen LogP contribution < -0.4 is 0 Å². The Hall–Kier alpha value is -1.92. The van der Waals surface area contributed by atoms with E-state index >= 15 is 0 Å². The van der Waals surface area contributed by atoms with E-state index in [0.29, 0.717) is 4.88 Å². The van der Waals surface area contributed by atoms with Crippen LogP contribution in [-0.4, -0.2) is 5.78 Å². The van der Waals surface area contributed by atoms with Gasteiger partial charge in [0.15, 0.2) is 5.78 Å². The van der Waals surface area contributed by atoms with E-state index in [4.69, 9.17) is 0 Å². The highest BCUT2D eigenvalue weighted by molar-refractivity contribution is 7.14.